The second-order valence-corrected chi connectivity index (χ2v) is 5.96. The van der Waals surface area contributed by atoms with Crippen molar-refractivity contribution in [1.29, 1.82) is 0 Å². The summed E-state index contributed by atoms with van der Waals surface area (Å²) in [5.74, 6) is 0.295. The van der Waals surface area contributed by atoms with Crippen molar-refractivity contribution < 1.29 is 5.11 Å². The number of aliphatic hydroxyl groups is 1. The molecule has 0 radical (unpaired) electrons. The fraction of sp³-hybridized carbons (Fsp3) is 1.00. The second kappa shape index (κ2) is 12.9. The maximum absolute atomic E-state index is 9.14. The lowest BCUT2D eigenvalue weighted by atomic mass is 10.0. The molecule has 0 bridgehead atoms. The first kappa shape index (κ1) is 18.9. The first-order valence-electron chi connectivity index (χ1n) is 8.22. The van der Waals surface area contributed by atoms with Gasteiger partial charge in [0.05, 0.1) is 0 Å². The van der Waals surface area contributed by atoms with E-state index >= 15 is 0 Å². The molecule has 3 heteroatoms. The summed E-state index contributed by atoms with van der Waals surface area (Å²) in [6.07, 6.45) is 10.6. The van der Waals surface area contributed by atoms with Crippen molar-refractivity contribution >= 4 is 0 Å². The molecule has 19 heavy (non-hydrogen) atoms. The average Bonchev–Trinajstić information content (AvgIpc) is 2.43. The quantitative estimate of drug-likeness (QED) is 0.452. The number of rotatable bonds is 13. The van der Waals surface area contributed by atoms with Gasteiger partial charge in [-0.3, -0.25) is 0 Å². The Kier molecular flexibility index (Phi) is 12.8. The van der Waals surface area contributed by atoms with Crippen molar-refractivity contribution in [3.05, 3.63) is 0 Å². The highest BCUT2D eigenvalue weighted by Gasteiger charge is 2.15. The summed E-state index contributed by atoms with van der Waals surface area (Å²) in [6.45, 7) is 7.39. The number of hydrogen-bond donors (Lipinski definition) is 3. The summed E-state index contributed by atoms with van der Waals surface area (Å²) in [6, 6.07) is 0.739. The van der Waals surface area contributed by atoms with Crippen LogP contribution in [0.5, 0.6) is 0 Å². The van der Waals surface area contributed by atoms with Gasteiger partial charge in [0.2, 0.25) is 0 Å². The zero-order valence-corrected chi connectivity index (χ0v) is 13.3. The Labute approximate surface area is 120 Å². The molecule has 0 saturated heterocycles. The van der Waals surface area contributed by atoms with Crippen molar-refractivity contribution in [3.63, 3.8) is 0 Å². The van der Waals surface area contributed by atoms with Gasteiger partial charge in [-0.25, -0.2) is 0 Å². The van der Waals surface area contributed by atoms with Gasteiger partial charge >= 0.3 is 0 Å². The van der Waals surface area contributed by atoms with Crippen LogP contribution in [-0.2, 0) is 0 Å². The topological polar surface area (TPSA) is 58.3 Å². The maximum Gasteiger partial charge on any atom is 0.0471 e. The number of unbranched alkanes of at least 4 members (excludes halogenated alkanes) is 6. The van der Waals surface area contributed by atoms with Crippen molar-refractivity contribution in [2.75, 3.05) is 13.2 Å². The SMILES string of the molecule is CCCCCCCCCC(CN)NC(C)C(C)CO. The molecule has 0 heterocycles. The third-order valence-electron chi connectivity index (χ3n) is 4.08. The van der Waals surface area contributed by atoms with Crippen LogP contribution < -0.4 is 11.1 Å². The van der Waals surface area contributed by atoms with Crippen molar-refractivity contribution in [1.82, 2.24) is 5.32 Å². The predicted octanol–water partition coefficient (Wildman–Crippen LogP) is 3.06. The minimum atomic E-state index is 0.239. The van der Waals surface area contributed by atoms with E-state index in [0.29, 0.717) is 24.5 Å². The van der Waals surface area contributed by atoms with Crippen molar-refractivity contribution in [2.45, 2.75) is 84.2 Å². The summed E-state index contributed by atoms with van der Waals surface area (Å²) < 4.78 is 0. The lowest BCUT2D eigenvalue weighted by Gasteiger charge is -2.25. The molecule has 0 amide bonds. The monoisotopic (exact) mass is 272 g/mol. The number of nitrogens with two attached hydrogens (primary N) is 1. The van der Waals surface area contributed by atoms with E-state index in [9.17, 15) is 0 Å². The number of hydrogen-bond acceptors (Lipinski definition) is 3. The molecule has 0 aliphatic carbocycles. The van der Waals surface area contributed by atoms with Gasteiger partial charge in [-0.1, -0.05) is 58.8 Å². The van der Waals surface area contributed by atoms with Crippen LogP contribution in [-0.4, -0.2) is 30.3 Å². The fourth-order valence-corrected chi connectivity index (χ4v) is 2.31. The van der Waals surface area contributed by atoms with Crippen molar-refractivity contribution in [3.8, 4) is 0 Å². The average molecular weight is 272 g/mol. The van der Waals surface area contributed by atoms with E-state index in [-0.39, 0.29) is 6.61 Å². The van der Waals surface area contributed by atoms with E-state index < -0.39 is 0 Å². The largest absolute Gasteiger partial charge is 0.396 e. The Morgan fingerprint density at radius 1 is 1.00 bits per heavy atom. The molecular formula is C16H36N2O. The van der Waals surface area contributed by atoms with Gasteiger partial charge in [0.25, 0.3) is 0 Å². The maximum atomic E-state index is 9.14. The van der Waals surface area contributed by atoms with Crippen LogP contribution >= 0.6 is 0 Å². The second-order valence-electron chi connectivity index (χ2n) is 5.96. The van der Waals surface area contributed by atoms with Gasteiger partial charge in [-0.05, 0) is 19.3 Å². The first-order chi connectivity index (χ1) is 9.15. The standard InChI is InChI=1S/C16H36N2O/c1-4-5-6-7-8-9-10-11-16(12-17)18-15(3)14(2)13-19/h14-16,18-19H,4-13,17H2,1-3H3. The lowest BCUT2D eigenvalue weighted by Crippen LogP contribution is -2.44. The van der Waals surface area contributed by atoms with E-state index in [4.69, 9.17) is 10.8 Å². The molecule has 116 valence electrons. The summed E-state index contributed by atoms with van der Waals surface area (Å²) in [5, 5.41) is 12.7. The fourth-order valence-electron chi connectivity index (χ4n) is 2.31. The summed E-state index contributed by atoms with van der Waals surface area (Å²) in [5.41, 5.74) is 5.82. The molecule has 0 aromatic carbocycles. The Bertz CT molecular complexity index is 188. The van der Waals surface area contributed by atoms with E-state index in [2.05, 4.69) is 26.1 Å². The van der Waals surface area contributed by atoms with Gasteiger partial charge < -0.3 is 16.2 Å². The van der Waals surface area contributed by atoms with Crippen LogP contribution in [0, 0.1) is 5.92 Å². The highest BCUT2D eigenvalue weighted by molar-refractivity contribution is 4.75. The van der Waals surface area contributed by atoms with Crippen molar-refractivity contribution in [2.24, 2.45) is 11.7 Å². The van der Waals surface area contributed by atoms with Gasteiger partial charge in [0, 0.05) is 25.2 Å². The molecule has 3 nitrogen and oxygen atoms in total. The van der Waals surface area contributed by atoms with Crippen LogP contribution in [0.15, 0.2) is 0 Å². The Morgan fingerprint density at radius 3 is 2.11 bits per heavy atom. The predicted molar refractivity (Wildman–Crippen MR) is 84.3 cm³/mol. The van der Waals surface area contributed by atoms with Gasteiger partial charge in [-0.2, -0.15) is 0 Å². The zero-order valence-electron chi connectivity index (χ0n) is 13.3. The number of aliphatic hydroxyl groups excluding tert-OH is 1. The molecule has 3 atom stereocenters. The molecule has 3 unspecified atom stereocenters. The molecule has 4 N–H and O–H groups in total. The van der Waals surface area contributed by atoms with E-state index in [0.717, 1.165) is 6.42 Å². The summed E-state index contributed by atoms with van der Waals surface area (Å²) in [4.78, 5) is 0. The van der Waals surface area contributed by atoms with Crippen LogP contribution in [0.1, 0.15) is 72.1 Å². The van der Waals surface area contributed by atoms with Crippen LogP contribution in [0.25, 0.3) is 0 Å². The lowest BCUT2D eigenvalue weighted by molar-refractivity contribution is 0.199. The molecule has 0 aliphatic rings. The molecule has 0 spiro atoms. The van der Waals surface area contributed by atoms with Gasteiger partial charge in [0.1, 0.15) is 0 Å². The van der Waals surface area contributed by atoms with Crippen LogP contribution in [0.3, 0.4) is 0 Å². The van der Waals surface area contributed by atoms with E-state index in [1.807, 2.05) is 0 Å². The summed E-state index contributed by atoms with van der Waals surface area (Å²) in [7, 11) is 0. The third-order valence-corrected chi connectivity index (χ3v) is 4.08. The Balaban J connectivity index is 3.59. The van der Waals surface area contributed by atoms with Gasteiger partial charge in [-0.15, -0.1) is 0 Å². The number of nitrogens with one attached hydrogen (secondary N) is 1. The van der Waals surface area contributed by atoms with Crippen LogP contribution in [0.4, 0.5) is 0 Å². The Hall–Kier alpha value is -0.120. The molecule has 0 saturated carbocycles. The van der Waals surface area contributed by atoms with E-state index in [1.54, 1.807) is 0 Å². The highest BCUT2D eigenvalue weighted by atomic mass is 16.3. The smallest absolute Gasteiger partial charge is 0.0471 e. The molecule has 0 aliphatic heterocycles. The molecule has 0 aromatic heterocycles. The third kappa shape index (κ3) is 10.3. The molecule has 0 rings (SSSR count). The summed E-state index contributed by atoms with van der Waals surface area (Å²) >= 11 is 0. The normalized spacial score (nSPS) is 16.3. The van der Waals surface area contributed by atoms with Gasteiger partial charge in [0.15, 0.2) is 0 Å². The molecule has 0 aromatic rings. The van der Waals surface area contributed by atoms with E-state index in [1.165, 1.54) is 44.9 Å². The van der Waals surface area contributed by atoms with Crippen LogP contribution in [0.2, 0.25) is 0 Å². The zero-order chi connectivity index (χ0) is 14.5. The minimum absolute atomic E-state index is 0.239. The molecular weight excluding hydrogens is 236 g/mol. The first-order valence-corrected chi connectivity index (χ1v) is 8.22. The Morgan fingerprint density at radius 2 is 1.58 bits per heavy atom. The minimum Gasteiger partial charge on any atom is -0.396 e. The molecule has 0 fully saturated rings. The highest BCUT2D eigenvalue weighted by Crippen LogP contribution is 2.10.